The second-order valence-corrected chi connectivity index (χ2v) is 15.3. The maximum Gasteiger partial charge on any atom is 0.306 e. The lowest BCUT2D eigenvalue weighted by atomic mass is 9.94. The third-order valence-electron chi connectivity index (χ3n) is 10.2. The summed E-state index contributed by atoms with van der Waals surface area (Å²) in [5.41, 5.74) is 1.75. The van der Waals surface area contributed by atoms with Crippen LogP contribution >= 0.6 is 11.3 Å². The zero-order valence-corrected chi connectivity index (χ0v) is 33.4. The van der Waals surface area contributed by atoms with Gasteiger partial charge in [-0.3, -0.25) is 28.9 Å². The third kappa shape index (κ3) is 12.6. The van der Waals surface area contributed by atoms with Crippen LogP contribution in [0.15, 0.2) is 60.0 Å². The highest BCUT2D eigenvalue weighted by Gasteiger charge is 2.34. The van der Waals surface area contributed by atoms with Gasteiger partial charge in [0.2, 0.25) is 11.8 Å². The van der Waals surface area contributed by atoms with Crippen LogP contribution in [0.1, 0.15) is 105 Å². The molecule has 0 spiro atoms. The number of hydrogen-bond acceptors (Lipinski definition) is 10. The van der Waals surface area contributed by atoms with E-state index in [2.05, 4.69) is 20.9 Å². The molecule has 298 valence electrons. The number of esters is 1. The summed E-state index contributed by atoms with van der Waals surface area (Å²) < 4.78 is 11.2. The first-order chi connectivity index (χ1) is 26.3. The lowest BCUT2D eigenvalue weighted by Crippen LogP contribution is -2.56. The van der Waals surface area contributed by atoms with Gasteiger partial charge in [-0.15, -0.1) is 11.3 Å². The number of likely N-dealkylation sites (tertiary alicyclic amines) is 1. The van der Waals surface area contributed by atoms with Gasteiger partial charge < -0.3 is 30.5 Å². The molecule has 55 heavy (non-hydrogen) atoms. The number of piperidine rings is 1. The number of nitrogens with zero attached hydrogens (tertiary/aromatic N) is 2. The fraction of sp³-hybridized carbons (Fsp3) is 0.512. The van der Waals surface area contributed by atoms with Gasteiger partial charge in [0.25, 0.3) is 5.91 Å². The van der Waals surface area contributed by atoms with Gasteiger partial charge in [-0.1, -0.05) is 76.1 Å². The van der Waals surface area contributed by atoms with Gasteiger partial charge in [0, 0.05) is 24.8 Å². The monoisotopic (exact) mass is 777 g/mol. The van der Waals surface area contributed by atoms with Crippen molar-refractivity contribution in [3.8, 4) is 5.75 Å². The van der Waals surface area contributed by atoms with Crippen molar-refractivity contribution in [3.63, 3.8) is 0 Å². The minimum atomic E-state index is -0.958. The highest BCUT2D eigenvalue weighted by atomic mass is 32.1. The maximum absolute atomic E-state index is 14.2. The Bertz CT molecular complexity index is 1740. The molecule has 1 saturated heterocycles. The molecule has 1 aromatic heterocycles. The first-order valence-electron chi connectivity index (χ1n) is 18.9. The first-order valence-corrected chi connectivity index (χ1v) is 19.8. The van der Waals surface area contributed by atoms with E-state index in [1.54, 1.807) is 31.5 Å². The van der Waals surface area contributed by atoms with Crippen molar-refractivity contribution >= 4 is 41.0 Å². The maximum atomic E-state index is 14.2. The highest BCUT2D eigenvalue weighted by molar-refractivity contribution is 7.09. The molecule has 2 heterocycles. The number of methoxy groups -OCH3 is 1. The highest BCUT2D eigenvalue weighted by Crippen LogP contribution is 2.33. The lowest BCUT2D eigenvalue weighted by molar-refractivity contribution is -0.147. The number of ether oxygens (including phenoxy) is 2. The van der Waals surface area contributed by atoms with Gasteiger partial charge in [0.15, 0.2) is 6.10 Å². The topological polar surface area (TPSA) is 176 Å². The van der Waals surface area contributed by atoms with E-state index >= 15 is 0 Å². The van der Waals surface area contributed by atoms with Gasteiger partial charge in [0.05, 0.1) is 25.1 Å². The summed E-state index contributed by atoms with van der Waals surface area (Å²) in [7, 11) is 3.48. The Kier molecular flexibility index (Phi) is 16.2. The normalized spacial score (nSPS) is 17.7. The number of carboxylic acid groups (broad SMARTS) is 1. The molecule has 4 N–H and O–H groups in total. The van der Waals surface area contributed by atoms with E-state index in [1.807, 2.05) is 68.3 Å². The molecule has 3 amide bonds. The molecule has 4 rings (SSSR count). The average molecular weight is 778 g/mol. The summed E-state index contributed by atoms with van der Waals surface area (Å²) in [4.78, 5) is 72.0. The molecule has 7 atom stereocenters. The summed E-state index contributed by atoms with van der Waals surface area (Å²) in [5.74, 6) is -2.83. The molecular weight excluding hydrogens is 723 g/mol. The van der Waals surface area contributed by atoms with Gasteiger partial charge in [-0.05, 0) is 68.5 Å². The molecule has 0 aliphatic carbocycles. The number of aromatic nitrogens is 1. The van der Waals surface area contributed by atoms with E-state index in [0.717, 1.165) is 42.7 Å². The largest absolute Gasteiger partial charge is 0.497 e. The minimum Gasteiger partial charge on any atom is -0.497 e. The summed E-state index contributed by atoms with van der Waals surface area (Å²) in [5, 5.41) is 20.6. The Morgan fingerprint density at radius 2 is 1.69 bits per heavy atom. The molecule has 2 aromatic carbocycles. The quantitative estimate of drug-likeness (QED) is 0.114. The number of hydrogen-bond donors (Lipinski definition) is 4. The fourth-order valence-electron chi connectivity index (χ4n) is 6.77. The number of nitrogens with one attached hydrogen (secondary N) is 3. The molecule has 1 fully saturated rings. The van der Waals surface area contributed by atoms with Crippen molar-refractivity contribution in [1.29, 1.82) is 0 Å². The van der Waals surface area contributed by atoms with Gasteiger partial charge >= 0.3 is 11.9 Å². The molecule has 13 nitrogen and oxygen atoms in total. The smallest absolute Gasteiger partial charge is 0.306 e. The van der Waals surface area contributed by atoms with Crippen molar-refractivity contribution in [2.45, 2.75) is 103 Å². The van der Waals surface area contributed by atoms with Crippen LogP contribution in [-0.2, 0) is 30.3 Å². The molecule has 0 unspecified atom stereocenters. The van der Waals surface area contributed by atoms with E-state index in [9.17, 15) is 29.1 Å². The van der Waals surface area contributed by atoms with Crippen molar-refractivity contribution in [3.05, 3.63) is 81.8 Å². The van der Waals surface area contributed by atoms with Crippen LogP contribution in [0.2, 0.25) is 0 Å². The minimum absolute atomic E-state index is 0.0749. The van der Waals surface area contributed by atoms with Gasteiger partial charge in [-0.2, -0.15) is 0 Å². The van der Waals surface area contributed by atoms with Crippen molar-refractivity contribution < 1.29 is 38.6 Å². The lowest BCUT2D eigenvalue weighted by Gasteiger charge is -2.34. The Balaban J connectivity index is 1.59. The van der Waals surface area contributed by atoms with E-state index < -0.39 is 48.0 Å². The average Bonchev–Trinajstić information content (AvgIpc) is 3.67. The number of carboxylic acids is 1. The Hall–Kier alpha value is -4.82. The molecule has 0 saturated carbocycles. The van der Waals surface area contributed by atoms with Crippen molar-refractivity contribution in [2.24, 2.45) is 11.8 Å². The predicted molar refractivity (Wildman–Crippen MR) is 210 cm³/mol. The molecular formula is C41H55N5O8S. The van der Waals surface area contributed by atoms with Crippen molar-refractivity contribution in [2.75, 3.05) is 20.7 Å². The molecule has 0 radical (unpaired) electrons. The van der Waals surface area contributed by atoms with Crippen LogP contribution in [0.5, 0.6) is 5.75 Å². The Morgan fingerprint density at radius 3 is 2.31 bits per heavy atom. The zero-order chi connectivity index (χ0) is 40.1. The SMILES string of the molecule is CC[C@H](C)[C@H](NC(=O)[C@H]1CCCCN1C)C(=O)N[C@H](C[C@@H](OC(C)=O)c1nc(C(=O)N[C@@H](Cc2ccccc2)C[C@H](C)C(=O)O)cs1)c1ccc(OC)cc1. The zero-order valence-electron chi connectivity index (χ0n) is 32.6. The second-order valence-electron chi connectivity index (χ2n) is 14.4. The number of benzene rings is 2. The summed E-state index contributed by atoms with van der Waals surface area (Å²) in [6, 6.07) is 14.3. The molecule has 0 bridgehead atoms. The number of rotatable bonds is 19. The number of amides is 3. The van der Waals surface area contributed by atoms with Gasteiger partial charge in [-0.25, -0.2) is 4.98 Å². The van der Waals surface area contributed by atoms with E-state index in [4.69, 9.17) is 9.47 Å². The summed E-state index contributed by atoms with van der Waals surface area (Å²) >= 11 is 1.14. The van der Waals surface area contributed by atoms with Crippen LogP contribution in [0.3, 0.4) is 0 Å². The van der Waals surface area contributed by atoms with Crippen LogP contribution in [0.4, 0.5) is 0 Å². The van der Waals surface area contributed by atoms with Crippen LogP contribution in [0.25, 0.3) is 0 Å². The third-order valence-corrected chi connectivity index (χ3v) is 11.1. The van der Waals surface area contributed by atoms with Crippen LogP contribution in [0, 0.1) is 11.8 Å². The second kappa shape index (κ2) is 20.7. The standard InChI is InChI=1S/C41H55N5O8S/c1-7-25(2)36(45-38(49)34-15-11-12-20-46(34)5)39(50)43-32(29-16-18-31(53-6)19-17-29)23-35(54-27(4)47)40-44-33(24-55-40)37(48)42-30(21-26(3)41(51)52)22-28-13-9-8-10-14-28/h8-10,13-14,16-19,24-26,30,32,34-36H,7,11-12,15,20-23H2,1-6H3,(H,42,48)(H,43,50)(H,45,49)(H,51,52)/t25-,26-,30+,32+,34+,35+,36-/m0/s1. The molecule has 1 aliphatic rings. The molecule has 1 aliphatic heterocycles. The number of thiazole rings is 1. The summed E-state index contributed by atoms with van der Waals surface area (Å²) in [6.07, 6.45) is 3.10. The first kappa shape index (κ1) is 42.9. The number of carbonyl (C=O) groups is 5. The van der Waals surface area contributed by atoms with E-state index in [0.29, 0.717) is 29.2 Å². The molecule has 14 heteroatoms. The number of likely N-dealkylation sites (N-methyl/N-ethyl adjacent to an activating group) is 1. The molecule has 3 aromatic rings. The van der Waals surface area contributed by atoms with Gasteiger partial charge in [0.1, 0.15) is 22.5 Å². The Labute approximate surface area is 327 Å². The Morgan fingerprint density at radius 1 is 0.982 bits per heavy atom. The van der Waals surface area contributed by atoms with E-state index in [1.165, 1.54) is 6.92 Å². The van der Waals surface area contributed by atoms with Crippen molar-refractivity contribution in [1.82, 2.24) is 25.8 Å². The fourth-order valence-corrected chi connectivity index (χ4v) is 7.61. The van der Waals surface area contributed by atoms with Crippen LogP contribution < -0.4 is 20.7 Å². The number of aliphatic carboxylic acids is 1. The van der Waals surface area contributed by atoms with Crippen LogP contribution in [-0.4, -0.2) is 83.5 Å². The summed E-state index contributed by atoms with van der Waals surface area (Å²) in [6.45, 7) is 7.59. The van der Waals surface area contributed by atoms with E-state index in [-0.39, 0.29) is 42.3 Å². The number of carbonyl (C=O) groups excluding carboxylic acids is 4. The predicted octanol–water partition coefficient (Wildman–Crippen LogP) is 5.47.